The largest absolute Gasteiger partial charge is 0.486 e. The normalized spacial score (nSPS) is 14.9. The van der Waals surface area contributed by atoms with E-state index >= 15 is 0 Å². The first-order chi connectivity index (χ1) is 10.1. The molecule has 0 saturated carbocycles. The zero-order chi connectivity index (χ0) is 15.0. The monoisotopic (exact) mass is 494 g/mol. The molecule has 1 unspecified atom stereocenters. The lowest BCUT2D eigenvalue weighted by atomic mass is 10.0. The van der Waals surface area contributed by atoms with Crippen molar-refractivity contribution in [2.45, 2.75) is 4.83 Å². The maximum atomic E-state index is 6.40. The minimum atomic E-state index is -0.0386. The van der Waals surface area contributed by atoms with Crippen LogP contribution in [0.2, 0.25) is 5.02 Å². The molecule has 6 heteroatoms. The lowest BCUT2D eigenvalue weighted by Gasteiger charge is -2.22. The molecule has 110 valence electrons. The maximum absolute atomic E-state index is 6.40. The molecular formula is C15H10Br3ClO2. The Kier molecular flexibility index (Phi) is 4.84. The van der Waals surface area contributed by atoms with Crippen LogP contribution in [0.15, 0.2) is 39.3 Å². The summed E-state index contributed by atoms with van der Waals surface area (Å²) in [6.45, 7) is 1.11. The second kappa shape index (κ2) is 6.49. The minimum Gasteiger partial charge on any atom is -0.486 e. The van der Waals surface area contributed by atoms with Crippen LogP contribution in [0.3, 0.4) is 0 Å². The number of hydrogen-bond acceptors (Lipinski definition) is 2. The van der Waals surface area contributed by atoms with Gasteiger partial charge in [-0.2, -0.15) is 0 Å². The highest BCUT2D eigenvalue weighted by atomic mass is 79.9. The molecular weight excluding hydrogens is 487 g/mol. The zero-order valence-electron chi connectivity index (χ0n) is 10.7. The quantitative estimate of drug-likeness (QED) is 0.466. The van der Waals surface area contributed by atoms with Crippen molar-refractivity contribution >= 4 is 59.4 Å². The van der Waals surface area contributed by atoms with Crippen LogP contribution in [0.4, 0.5) is 0 Å². The van der Waals surface area contributed by atoms with Gasteiger partial charge in [-0.25, -0.2) is 0 Å². The number of fused-ring (bicyclic) bond motifs is 1. The summed E-state index contributed by atoms with van der Waals surface area (Å²) in [5, 5.41) is 0.649. The van der Waals surface area contributed by atoms with Crippen LogP contribution in [0.25, 0.3) is 0 Å². The number of alkyl halides is 1. The topological polar surface area (TPSA) is 18.5 Å². The average Bonchev–Trinajstić information content (AvgIpc) is 2.46. The van der Waals surface area contributed by atoms with Gasteiger partial charge in [0.1, 0.15) is 13.2 Å². The molecule has 0 amide bonds. The van der Waals surface area contributed by atoms with E-state index in [9.17, 15) is 0 Å². The van der Waals surface area contributed by atoms with Crippen LogP contribution in [-0.4, -0.2) is 13.2 Å². The Labute approximate surface area is 153 Å². The van der Waals surface area contributed by atoms with E-state index in [1.807, 2.05) is 30.3 Å². The van der Waals surface area contributed by atoms with Gasteiger partial charge in [0.25, 0.3) is 0 Å². The molecule has 3 rings (SSSR count). The molecule has 1 aliphatic heterocycles. The van der Waals surface area contributed by atoms with Gasteiger partial charge in [0.2, 0.25) is 0 Å². The van der Waals surface area contributed by atoms with E-state index in [4.69, 9.17) is 21.1 Å². The number of ether oxygens (including phenoxy) is 2. The summed E-state index contributed by atoms with van der Waals surface area (Å²) in [7, 11) is 0. The van der Waals surface area contributed by atoms with Gasteiger partial charge in [-0.05, 0) is 29.3 Å². The molecule has 1 heterocycles. The molecule has 21 heavy (non-hydrogen) atoms. The van der Waals surface area contributed by atoms with Gasteiger partial charge in [0.05, 0.1) is 4.83 Å². The van der Waals surface area contributed by atoms with Crippen molar-refractivity contribution in [2.75, 3.05) is 13.2 Å². The van der Waals surface area contributed by atoms with E-state index in [0.717, 1.165) is 25.8 Å². The fourth-order valence-corrected chi connectivity index (χ4v) is 4.90. The first-order valence-corrected chi connectivity index (χ1v) is 9.12. The van der Waals surface area contributed by atoms with Crippen molar-refractivity contribution in [1.29, 1.82) is 0 Å². The van der Waals surface area contributed by atoms with Crippen molar-refractivity contribution in [2.24, 2.45) is 0 Å². The van der Waals surface area contributed by atoms with Crippen molar-refractivity contribution < 1.29 is 9.47 Å². The third kappa shape index (κ3) is 3.26. The molecule has 0 aliphatic carbocycles. The lowest BCUT2D eigenvalue weighted by Crippen LogP contribution is -2.15. The van der Waals surface area contributed by atoms with Crippen LogP contribution in [-0.2, 0) is 0 Å². The molecule has 0 saturated heterocycles. The van der Waals surface area contributed by atoms with Crippen molar-refractivity contribution in [3.8, 4) is 11.5 Å². The molecule has 2 nitrogen and oxygen atoms in total. The standard InChI is InChI=1S/C15H10Br3ClO2/c16-8-1-2-9(11(17)5-8)15(18)10-6-13-14(7-12(10)19)21-4-3-20-13/h1-2,5-7,15H,3-4H2. The van der Waals surface area contributed by atoms with Gasteiger partial charge >= 0.3 is 0 Å². The molecule has 0 fully saturated rings. The molecule has 2 aromatic rings. The highest BCUT2D eigenvalue weighted by molar-refractivity contribution is 9.11. The van der Waals surface area contributed by atoms with Crippen molar-refractivity contribution in [3.05, 3.63) is 55.4 Å². The van der Waals surface area contributed by atoms with Crippen LogP contribution in [0.5, 0.6) is 11.5 Å². The third-order valence-corrected chi connectivity index (χ3v) is 5.66. The minimum absolute atomic E-state index is 0.0386. The van der Waals surface area contributed by atoms with Crippen LogP contribution in [0, 0.1) is 0 Å². The van der Waals surface area contributed by atoms with Crippen molar-refractivity contribution in [1.82, 2.24) is 0 Å². The Morgan fingerprint density at radius 1 is 0.952 bits per heavy atom. The molecule has 1 atom stereocenters. The Balaban J connectivity index is 2.03. The molecule has 1 aliphatic rings. The first-order valence-electron chi connectivity index (χ1n) is 6.24. The summed E-state index contributed by atoms with van der Waals surface area (Å²) in [4.78, 5) is -0.0386. The molecule has 0 N–H and O–H groups in total. The molecule has 0 aromatic heterocycles. The highest BCUT2D eigenvalue weighted by Crippen LogP contribution is 2.44. The van der Waals surface area contributed by atoms with E-state index in [2.05, 4.69) is 47.8 Å². The zero-order valence-corrected chi connectivity index (χ0v) is 16.2. The van der Waals surface area contributed by atoms with E-state index in [0.29, 0.717) is 24.0 Å². The second-order valence-electron chi connectivity index (χ2n) is 4.55. The van der Waals surface area contributed by atoms with E-state index < -0.39 is 0 Å². The maximum Gasteiger partial charge on any atom is 0.162 e. The smallest absolute Gasteiger partial charge is 0.162 e. The van der Waals surface area contributed by atoms with Gasteiger partial charge in [-0.3, -0.25) is 0 Å². The predicted molar refractivity (Wildman–Crippen MR) is 95.1 cm³/mol. The average molecular weight is 497 g/mol. The Bertz CT molecular complexity index is 691. The number of halogens is 4. The lowest BCUT2D eigenvalue weighted by molar-refractivity contribution is 0.171. The Morgan fingerprint density at radius 2 is 1.62 bits per heavy atom. The summed E-state index contributed by atoms with van der Waals surface area (Å²) in [5.74, 6) is 1.43. The number of benzene rings is 2. The highest BCUT2D eigenvalue weighted by Gasteiger charge is 2.21. The predicted octanol–water partition coefficient (Wildman–Crippen LogP) is 6.12. The van der Waals surface area contributed by atoms with E-state index in [1.54, 1.807) is 0 Å². The summed E-state index contributed by atoms with van der Waals surface area (Å²) >= 11 is 17.2. The first kappa shape index (κ1) is 15.7. The van der Waals surface area contributed by atoms with Gasteiger partial charge in [-0.15, -0.1) is 0 Å². The number of hydrogen-bond donors (Lipinski definition) is 0. The molecule has 2 aromatic carbocycles. The van der Waals surface area contributed by atoms with Gasteiger partial charge in [0.15, 0.2) is 11.5 Å². The third-order valence-electron chi connectivity index (χ3n) is 3.17. The molecule has 0 bridgehead atoms. The van der Waals surface area contributed by atoms with Crippen molar-refractivity contribution in [3.63, 3.8) is 0 Å². The summed E-state index contributed by atoms with van der Waals surface area (Å²) < 4.78 is 13.2. The van der Waals surface area contributed by atoms with Crippen LogP contribution < -0.4 is 9.47 Å². The van der Waals surface area contributed by atoms with Gasteiger partial charge in [-0.1, -0.05) is 65.5 Å². The Morgan fingerprint density at radius 3 is 2.29 bits per heavy atom. The molecule has 0 spiro atoms. The van der Waals surface area contributed by atoms with Gasteiger partial charge in [0, 0.05) is 20.0 Å². The van der Waals surface area contributed by atoms with E-state index in [-0.39, 0.29) is 4.83 Å². The SMILES string of the molecule is Clc1cc2c(cc1C(Br)c1ccc(Br)cc1Br)OCCO2. The number of rotatable bonds is 2. The van der Waals surface area contributed by atoms with Crippen LogP contribution >= 0.6 is 59.4 Å². The molecule has 0 radical (unpaired) electrons. The summed E-state index contributed by atoms with van der Waals surface area (Å²) in [5.41, 5.74) is 2.04. The van der Waals surface area contributed by atoms with E-state index in [1.165, 1.54) is 0 Å². The van der Waals surface area contributed by atoms with Crippen LogP contribution in [0.1, 0.15) is 16.0 Å². The summed E-state index contributed by atoms with van der Waals surface area (Å²) in [6.07, 6.45) is 0. The second-order valence-corrected chi connectivity index (χ2v) is 7.64. The fourth-order valence-electron chi connectivity index (χ4n) is 2.15. The van der Waals surface area contributed by atoms with Gasteiger partial charge < -0.3 is 9.47 Å². The summed E-state index contributed by atoms with van der Waals surface area (Å²) in [6, 6.07) is 9.80. The Hall–Kier alpha value is -0.230. The fraction of sp³-hybridized carbons (Fsp3) is 0.200.